The van der Waals surface area contributed by atoms with Gasteiger partial charge in [-0.05, 0) is 35.9 Å². The van der Waals surface area contributed by atoms with Gasteiger partial charge in [-0.25, -0.2) is 0 Å². The average Bonchev–Trinajstić information content (AvgIpc) is 2.42. The Morgan fingerprint density at radius 3 is 2.63 bits per heavy atom. The lowest BCUT2D eigenvalue weighted by atomic mass is 10.1. The summed E-state index contributed by atoms with van der Waals surface area (Å²) in [7, 11) is 2.07. The third kappa shape index (κ3) is 2.59. The molecule has 3 rings (SSSR count). The van der Waals surface area contributed by atoms with Gasteiger partial charge in [-0.2, -0.15) is 0 Å². The molecule has 19 heavy (non-hydrogen) atoms. The van der Waals surface area contributed by atoms with Crippen molar-refractivity contribution in [3.8, 4) is 5.75 Å². The molecule has 0 saturated carbocycles. The van der Waals surface area contributed by atoms with Gasteiger partial charge in [0.25, 0.3) is 0 Å². The van der Waals surface area contributed by atoms with E-state index in [1.807, 2.05) is 48.5 Å². The first kappa shape index (κ1) is 12.1. The number of anilines is 1. The third-order valence-corrected chi connectivity index (χ3v) is 3.36. The summed E-state index contributed by atoms with van der Waals surface area (Å²) in [5.74, 6) is 1.83. The lowest BCUT2D eigenvalue weighted by Gasteiger charge is -2.29. The summed E-state index contributed by atoms with van der Waals surface area (Å²) in [4.78, 5) is 2.18. The number of likely N-dealkylation sites (N-methyl/N-ethyl adjacent to an activating group) is 1. The summed E-state index contributed by atoms with van der Waals surface area (Å²) in [5, 5.41) is 0.745. The Labute approximate surface area is 117 Å². The van der Waals surface area contributed by atoms with Gasteiger partial charge in [-0.1, -0.05) is 35.9 Å². The molecule has 0 aromatic heterocycles. The van der Waals surface area contributed by atoms with Crippen LogP contribution in [0.5, 0.6) is 5.75 Å². The predicted octanol–water partition coefficient (Wildman–Crippen LogP) is 4.21. The monoisotopic (exact) mass is 271 g/mol. The van der Waals surface area contributed by atoms with Crippen molar-refractivity contribution in [1.29, 1.82) is 0 Å². The summed E-state index contributed by atoms with van der Waals surface area (Å²) in [6.45, 7) is 0.764. The standard InChI is InChI=1S/C16H14ClNO/c1-18-11-14(10-12-6-8-13(17)9-7-12)19-16-5-3-2-4-15(16)18/h2-10H,11H2,1H3/b14-10-. The van der Waals surface area contributed by atoms with Crippen LogP contribution in [0, 0.1) is 0 Å². The van der Waals surface area contributed by atoms with Crippen molar-refractivity contribution in [2.45, 2.75) is 0 Å². The van der Waals surface area contributed by atoms with Crippen molar-refractivity contribution < 1.29 is 4.74 Å². The minimum Gasteiger partial charge on any atom is -0.458 e. The number of hydrogen-bond donors (Lipinski definition) is 0. The fourth-order valence-corrected chi connectivity index (χ4v) is 2.30. The molecule has 96 valence electrons. The normalized spacial score (nSPS) is 16.1. The molecular formula is C16H14ClNO. The summed E-state index contributed by atoms with van der Waals surface area (Å²) >= 11 is 5.88. The number of hydrogen-bond acceptors (Lipinski definition) is 2. The van der Waals surface area contributed by atoms with Crippen molar-refractivity contribution in [3.05, 3.63) is 64.9 Å². The maximum Gasteiger partial charge on any atom is 0.150 e. The number of para-hydroxylation sites is 2. The van der Waals surface area contributed by atoms with Crippen LogP contribution >= 0.6 is 11.6 Å². The van der Waals surface area contributed by atoms with Gasteiger partial charge >= 0.3 is 0 Å². The van der Waals surface area contributed by atoms with Gasteiger partial charge in [0.15, 0.2) is 0 Å². The van der Waals surface area contributed by atoms with Crippen LogP contribution < -0.4 is 9.64 Å². The van der Waals surface area contributed by atoms with E-state index in [0.717, 1.165) is 34.3 Å². The highest BCUT2D eigenvalue weighted by molar-refractivity contribution is 6.30. The second-order valence-corrected chi connectivity index (χ2v) is 5.02. The van der Waals surface area contributed by atoms with Crippen LogP contribution in [0.25, 0.3) is 6.08 Å². The van der Waals surface area contributed by atoms with Crippen molar-refractivity contribution in [2.75, 3.05) is 18.5 Å². The molecule has 0 unspecified atom stereocenters. The Morgan fingerprint density at radius 1 is 1.11 bits per heavy atom. The average molecular weight is 272 g/mol. The van der Waals surface area contributed by atoms with Gasteiger partial charge in [0.05, 0.1) is 12.2 Å². The largest absolute Gasteiger partial charge is 0.458 e. The number of nitrogens with zero attached hydrogens (tertiary/aromatic N) is 1. The number of halogens is 1. The Kier molecular flexibility index (Phi) is 3.18. The van der Waals surface area contributed by atoms with Crippen molar-refractivity contribution >= 4 is 23.4 Å². The zero-order valence-electron chi connectivity index (χ0n) is 10.6. The fraction of sp³-hybridized carbons (Fsp3) is 0.125. The maximum atomic E-state index is 5.92. The molecule has 0 saturated heterocycles. The highest BCUT2D eigenvalue weighted by Crippen LogP contribution is 2.33. The lowest BCUT2D eigenvalue weighted by molar-refractivity contribution is 0.405. The number of rotatable bonds is 1. The quantitative estimate of drug-likeness (QED) is 0.770. The van der Waals surface area contributed by atoms with Crippen LogP contribution in [0.2, 0.25) is 5.02 Å². The fourth-order valence-electron chi connectivity index (χ4n) is 2.17. The molecule has 0 bridgehead atoms. The molecule has 0 aliphatic carbocycles. The molecule has 1 aliphatic rings. The zero-order valence-corrected chi connectivity index (χ0v) is 11.4. The summed E-state index contributed by atoms with van der Waals surface area (Å²) in [6.07, 6.45) is 2.04. The van der Waals surface area contributed by atoms with Crippen LogP contribution in [0.4, 0.5) is 5.69 Å². The van der Waals surface area contributed by atoms with Gasteiger partial charge in [-0.3, -0.25) is 0 Å². The minimum absolute atomic E-state index is 0.745. The molecule has 1 heterocycles. The highest BCUT2D eigenvalue weighted by atomic mass is 35.5. The smallest absolute Gasteiger partial charge is 0.150 e. The van der Waals surface area contributed by atoms with Crippen molar-refractivity contribution in [1.82, 2.24) is 0 Å². The van der Waals surface area contributed by atoms with Crippen LogP contribution in [0.3, 0.4) is 0 Å². The molecule has 0 N–H and O–H groups in total. The second kappa shape index (κ2) is 4.98. The van der Waals surface area contributed by atoms with Crippen LogP contribution in [0.15, 0.2) is 54.3 Å². The molecule has 0 atom stereocenters. The van der Waals surface area contributed by atoms with E-state index in [1.54, 1.807) is 0 Å². The maximum absolute atomic E-state index is 5.92. The first-order valence-corrected chi connectivity index (χ1v) is 6.54. The highest BCUT2D eigenvalue weighted by Gasteiger charge is 2.17. The van der Waals surface area contributed by atoms with E-state index in [1.165, 1.54) is 0 Å². The van der Waals surface area contributed by atoms with E-state index in [2.05, 4.69) is 18.0 Å². The van der Waals surface area contributed by atoms with E-state index in [4.69, 9.17) is 16.3 Å². The lowest BCUT2D eigenvalue weighted by Crippen LogP contribution is -2.27. The van der Waals surface area contributed by atoms with Gasteiger partial charge < -0.3 is 9.64 Å². The third-order valence-electron chi connectivity index (χ3n) is 3.11. The van der Waals surface area contributed by atoms with E-state index < -0.39 is 0 Å². The number of benzene rings is 2. The Balaban J connectivity index is 1.90. The zero-order chi connectivity index (χ0) is 13.2. The van der Waals surface area contributed by atoms with E-state index in [9.17, 15) is 0 Å². The van der Waals surface area contributed by atoms with Gasteiger partial charge in [0, 0.05) is 12.1 Å². The molecule has 3 heteroatoms. The molecule has 0 amide bonds. The van der Waals surface area contributed by atoms with E-state index >= 15 is 0 Å². The SMILES string of the molecule is CN1C/C(=C/c2ccc(Cl)cc2)Oc2ccccc21. The van der Waals surface area contributed by atoms with Crippen molar-refractivity contribution in [2.24, 2.45) is 0 Å². The Bertz CT molecular complexity index is 619. The summed E-state index contributed by atoms with van der Waals surface area (Å²) in [5.41, 5.74) is 2.21. The Morgan fingerprint density at radius 2 is 1.84 bits per heavy atom. The topological polar surface area (TPSA) is 12.5 Å². The van der Waals surface area contributed by atoms with Crippen molar-refractivity contribution in [3.63, 3.8) is 0 Å². The number of fused-ring (bicyclic) bond motifs is 1. The van der Waals surface area contributed by atoms with Crippen LogP contribution in [-0.2, 0) is 0 Å². The molecule has 0 fully saturated rings. The first-order chi connectivity index (χ1) is 9.22. The summed E-state index contributed by atoms with van der Waals surface area (Å²) < 4.78 is 5.92. The van der Waals surface area contributed by atoms with Gasteiger partial charge in [-0.15, -0.1) is 0 Å². The minimum atomic E-state index is 0.745. The second-order valence-electron chi connectivity index (χ2n) is 4.59. The molecule has 0 spiro atoms. The van der Waals surface area contributed by atoms with E-state index in [0.29, 0.717) is 0 Å². The molecule has 2 aromatic rings. The van der Waals surface area contributed by atoms with Crippen LogP contribution in [-0.4, -0.2) is 13.6 Å². The van der Waals surface area contributed by atoms with E-state index in [-0.39, 0.29) is 0 Å². The van der Waals surface area contributed by atoms with Crippen LogP contribution in [0.1, 0.15) is 5.56 Å². The molecule has 2 nitrogen and oxygen atoms in total. The molecule has 0 radical (unpaired) electrons. The molecule has 1 aliphatic heterocycles. The first-order valence-electron chi connectivity index (χ1n) is 6.16. The van der Waals surface area contributed by atoms with Gasteiger partial charge in [0.2, 0.25) is 0 Å². The molecule has 2 aromatic carbocycles. The predicted molar refractivity (Wildman–Crippen MR) is 79.8 cm³/mol. The Hall–Kier alpha value is -1.93. The number of ether oxygens (including phenoxy) is 1. The summed E-state index contributed by atoms with van der Waals surface area (Å²) in [6, 6.07) is 15.8. The van der Waals surface area contributed by atoms with Gasteiger partial charge in [0.1, 0.15) is 11.5 Å². The molecular weight excluding hydrogens is 258 g/mol.